The van der Waals surface area contributed by atoms with Gasteiger partial charge in [0.2, 0.25) is 5.91 Å². The number of rotatable bonds is 4. The van der Waals surface area contributed by atoms with Gasteiger partial charge < -0.3 is 9.80 Å². The Morgan fingerprint density at radius 1 is 1.22 bits per heavy atom. The molecule has 1 aliphatic heterocycles. The first kappa shape index (κ1) is 18.7. The minimum atomic E-state index is 0.174. The molecule has 1 saturated heterocycles. The van der Waals surface area contributed by atoms with Crippen LogP contribution in [0.3, 0.4) is 0 Å². The van der Waals surface area contributed by atoms with Gasteiger partial charge in [-0.05, 0) is 37.2 Å². The van der Waals surface area contributed by atoms with Crippen LogP contribution >= 0.6 is 11.3 Å². The minimum absolute atomic E-state index is 0.174. The van der Waals surface area contributed by atoms with Crippen molar-refractivity contribution in [2.24, 2.45) is 5.92 Å². The van der Waals surface area contributed by atoms with Crippen molar-refractivity contribution in [2.75, 3.05) is 31.1 Å². The highest BCUT2D eigenvalue weighted by molar-refractivity contribution is 7.19. The molecule has 1 atom stereocenters. The van der Waals surface area contributed by atoms with E-state index in [4.69, 9.17) is 9.97 Å². The fourth-order valence-electron chi connectivity index (χ4n) is 4.27. The van der Waals surface area contributed by atoms with Crippen molar-refractivity contribution in [1.29, 1.82) is 0 Å². The lowest BCUT2D eigenvalue weighted by Gasteiger charge is -2.35. The van der Waals surface area contributed by atoms with Crippen LogP contribution in [0.1, 0.15) is 56.3 Å². The van der Waals surface area contributed by atoms with E-state index in [1.54, 1.807) is 6.92 Å². The zero-order valence-electron chi connectivity index (χ0n) is 16.8. The van der Waals surface area contributed by atoms with Gasteiger partial charge in [0, 0.05) is 44.4 Å². The Kier molecular flexibility index (Phi) is 5.35. The standard InChI is InChI=1S/C21H30N4OS/c1-4-5-6-18-22-20(25-11-9-24(10-12-25)15(3)26)19-16-8-7-14(2)13-17(16)27-21(19)23-18/h14H,4-13H2,1-3H3/t14-/m0/s1. The van der Waals surface area contributed by atoms with Gasteiger partial charge in [-0.1, -0.05) is 20.3 Å². The van der Waals surface area contributed by atoms with Crippen LogP contribution in [0.2, 0.25) is 0 Å². The molecule has 0 aromatic carbocycles. The van der Waals surface area contributed by atoms with Gasteiger partial charge in [0.05, 0.1) is 5.39 Å². The molecule has 2 aromatic heterocycles. The number of carbonyl (C=O) groups is 1. The third kappa shape index (κ3) is 3.68. The lowest BCUT2D eigenvalue weighted by Crippen LogP contribution is -2.48. The molecular formula is C21H30N4OS. The van der Waals surface area contributed by atoms with Gasteiger partial charge in [0.25, 0.3) is 0 Å². The van der Waals surface area contributed by atoms with E-state index in [1.165, 1.54) is 33.5 Å². The zero-order chi connectivity index (χ0) is 19.0. The smallest absolute Gasteiger partial charge is 0.219 e. The molecule has 5 nitrogen and oxygen atoms in total. The Hall–Kier alpha value is -1.69. The molecule has 4 rings (SSSR count). The predicted molar refractivity (Wildman–Crippen MR) is 112 cm³/mol. The summed E-state index contributed by atoms with van der Waals surface area (Å²) in [4.78, 5) is 28.7. The monoisotopic (exact) mass is 386 g/mol. The second-order valence-corrected chi connectivity index (χ2v) is 9.18. The molecule has 0 spiro atoms. The molecule has 27 heavy (non-hydrogen) atoms. The summed E-state index contributed by atoms with van der Waals surface area (Å²) in [5.41, 5.74) is 1.50. The number of nitrogens with zero attached hydrogens (tertiary/aromatic N) is 4. The number of fused-ring (bicyclic) bond motifs is 3. The normalized spacial score (nSPS) is 20.2. The number of hydrogen-bond acceptors (Lipinski definition) is 5. The molecule has 3 heterocycles. The molecule has 146 valence electrons. The molecular weight excluding hydrogens is 356 g/mol. The highest BCUT2D eigenvalue weighted by atomic mass is 32.1. The van der Waals surface area contributed by atoms with Crippen LogP contribution in [0.15, 0.2) is 0 Å². The number of aryl methyl sites for hydroxylation is 2. The highest BCUT2D eigenvalue weighted by Crippen LogP contribution is 2.41. The average Bonchev–Trinajstić information content (AvgIpc) is 3.03. The van der Waals surface area contributed by atoms with Crippen LogP contribution in [0.4, 0.5) is 5.82 Å². The molecule has 0 N–H and O–H groups in total. The number of amides is 1. The molecule has 0 radical (unpaired) electrons. The summed E-state index contributed by atoms with van der Waals surface area (Å²) in [6.07, 6.45) is 6.82. The van der Waals surface area contributed by atoms with Gasteiger partial charge in [-0.3, -0.25) is 4.79 Å². The van der Waals surface area contributed by atoms with E-state index in [2.05, 4.69) is 18.7 Å². The first-order chi connectivity index (χ1) is 13.1. The quantitative estimate of drug-likeness (QED) is 0.801. The lowest BCUT2D eigenvalue weighted by atomic mass is 9.89. The summed E-state index contributed by atoms with van der Waals surface area (Å²) in [5.74, 6) is 3.05. The topological polar surface area (TPSA) is 49.3 Å². The van der Waals surface area contributed by atoms with E-state index in [1.807, 2.05) is 16.2 Å². The van der Waals surface area contributed by atoms with Crippen LogP contribution < -0.4 is 4.90 Å². The van der Waals surface area contributed by atoms with Crippen LogP contribution in [0.25, 0.3) is 10.2 Å². The Morgan fingerprint density at radius 2 is 2.00 bits per heavy atom. The van der Waals surface area contributed by atoms with Gasteiger partial charge in [-0.25, -0.2) is 9.97 Å². The van der Waals surface area contributed by atoms with E-state index >= 15 is 0 Å². The number of unbranched alkanes of at least 4 members (excludes halogenated alkanes) is 1. The van der Waals surface area contributed by atoms with Gasteiger partial charge in [-0.2, -0.15) is 0 Å². The average molecular weight is 387 g/mol. The maximum absolute atomic E-state index is 11.7. The van der Waals surface area contributed by atoms with Crippen molar-refractivity contribution < 1.29 is 4.79 Å². The molecule has 0 unspecified atom stereocenters. The number of anilines is 1. The van der Waals surface area contributed by atoms with Crippen molar-refractivity contribution >= 4 is 33.3 Å². The van der Waals surface area contributed by atoms with E-state index in [-0.39, 0.29) is 5.91 Å². The highest BCUT2D eigenvalue weighted by Gasteiger charge is 2.27. The Labute approximate surface area is 165 Å². The third-order valence-corrected chi connectivity index (χ3v) is 7.11. The van der Waals surface area contributed by atoms with Crippen LogP contribution in [0, 0.1) is 5.92 Å². The van der Waals surface area contributed by atoms with Crippen molar-refractivity contribution in [3.8, 4) is 0 Å². The first-order valence-electron chi connectivity index (χ1n) is 10.4. The number of thiophene rings is 1. The van der Waals surface area contributed by atoms with Crippen molar-refractivity contribution in [3.05, 3.63) is 16.3 Å². The summed E-state index contributed by atoms with van der Waals surface area (Å²) in [6.45, 7) is 9.53. The predicted octanol–water partition coefficient (Wildman–Crippen LogP) is 3.83. The van der Waals surface area contributed by atoms with E-state index in [0.29, 0.717) is 0 Å². The van der Waals surface area contributed by atoms with Gasteiger partial charge >= 0.3 is 0 Å². The molecule has 0 saturated carbocycles. The maximum atomic E-state index is 11.7. The molecule has 6 heteroatoms. The zero-order valence-corrected chi connectivity index (χ0v) is 17.6. The summed E-state index contributed by atoms with van der Waals surface area (Å²) in [6, 6.07) is 0. The summed E-state index contributed by atoms with van der Waals surface area (Å²) in [5, 5.41) is 1.30. The second kappa shape index (κ2) is 7.74. The van der Waals surface area contributed by atoms with Crippen LogP contribution in [0.5, 0.6) is 0 Å². The molecule has 1 fully saturated rings. The van der Waals surface area contributed by atoms with Crippen molar-refractivity contribution in [2.45, 2.75) is 59.3 Å². The van der Waals surface area contributed by atoms with Gasteiger partial charge in [0.1, 0.15) is 16.5 Å². The summed E-state index contributed by atoms with van der Waals surface area (Å²) >= 11 is 1.89. The van der Waals surface area contributed by atoms with E-state index < -0.39 is 0 Å². The van der Waals surface area contributed by atoms with E-state index in [0.717, 1.165) is 69.4 Å². The number of hydrogen-bond donors (Lipinski definition) is 0. The number of piperazine rings is 1. The fraction of sp³-hybridized carbons (Fsp3) is 0.667. The Morgan fingerprint density at radius 3 is 2.70 bits per heavy atom. The van der Waals surface area contributed by atoms with Crippen molar-refractivity contribution in [1.82, 2.24) is 14.9 Å². The molecule has 2 aromatic rings. The third-order valence-electron chi connectivity index (χ3n) is 5.96. The molecule has 2 aliphatic rings. The van der Waals surface area contributed by atoms with Gasteiger partial charge in [0.15, 0.2) is 0 Å². The van der Waals surface area contributed by atoms with Crippen LogP contribution in [-0.4, -0.2) is 47.0 Å². The fourth-order valence-corrected chi connectivity index (χ4v) is 5.67. The molecule has 1 aliphatic carbocycles. The number of aromatic nitrogens is 2. The van der Waals surface area contributed by atoms with Crippen molar-refractivity contribution in [3.63, 3.8) is 0 Å². The summed E-state index contributed by atoms with van der Waals surface area (Å²) < 4.78 is 0. The Bertz CT molecular complexity index is 838. The molecule has 1 amide bonds. The van der Waals surface area contributed by atoms with Crippen LogP contribution in [-0.2, 0) is 24.1 Å². The minimum Gasteiger partial charge on any atom is -0.352 e. The SMILES string of the molecule is CCCCc1nc(N2CCN(C(C)=O)CC2)c2c3c(sc2n1)C[C@@H](C)CC3. The molecule has 0 bridgehead atoms. The van der Waals surface area contributed by atoms with Gasteiger partial charge in [-0.15, -0.1) is 11.3 Å². The summed E-state index contributed by atoms with van der Waals surface area (Å²) in [7, 11) is 0. The van der Waals surface area contributed by atoms with E-state index in [9.17, 15) is 4.79 Å². The Balaban J connectivity index is 1.73. The maximum Gasteiger partial charge on any atom is 0.219 e. The largest absolute Gasteiger partial charge is 0.352 e. The second-order valence-electron chi connectivity index (χ2n) is 8.09. The lowest BCUT2D eigenvalue weighted by molar-refractivity contribution is -0.129. The number of carbonyl (C=O) groups excluding carboxylic acids is 1. The first-order valence-corrected chi connectivity index (χ1v) is 11.2.